The Kier molecular flexibility index (Phi) is 3.46. The van der Waals surface area contributed by atoms with Crippen LogP contribution in [0.1, 0.15) is 5.56 Å². The van der Waals surface area contributed by atoms with Gasteiger partial charge in [0.1, 0.15) is 16.9 Å². The highest BCUT2D eigenvalue weighted by Crippen LogP contribution is 3.02. The number of benzene rings is 1. The van der Waals surface area contributed by atoms with Gasteiger partial charge in [0.2, 0.25) is 6.10 Å². The molecule has 0 saturated carbocycles. The van der Waals surface area contributed by atoms with Gasteiger partial charge in [-0.2, -0.15) is 13.2 Å². The SMILES string of the molecule is O=CC1=Cc2cc(S(F)(F)(F)(F)F)cc(Br)c2O[C@@H]1C(F)(F)F. The van der Waals surface area contributed by atoms with Gasteiger partial charge in [-0.15, -0.1) is 0 Å². The number of ether oxygens (including phenoxy) is 1. The highest BCUT2D eigenvalue weighted by molar-refractivity contribution is 9.10. The first-order valence-electron chi connectivity index (χ1n) is 5.51. The highest BCUT2D eigenvalue weighted by atomic mass is 79.9. The molecule has 1 atom stereocenters. The standard InChI is InChI=1S/C11H5BrF8O2S/c12-8-3-7(23(16,17,18,19)20)2-5-1-6(4-21)10(11(13,14)15)22-9(5)8/h1-4,10H/t10-/m0/s1. The zero-order valence-electron chi connectivity index (χ0n) is 10.5. The lowest BCUT2D eigenvalue weighted by molar-refractivity contribution is -0.184. The van der Waals surface area contributed by atoms with Crippen LogP contribution in [0.15, 0.2) is 27.1 Å². The van der Waals surface area contributed by atoms with Gasteiger partial charge in [-0.25, -0.2) is 0 Å². The third kappa shape index (κ3) is 3.62. The lowest BCUT2D eigenvalue weighted by Gasteiger charge is -2.41. The van der Waals surface area contributed by atoms with Gasteiger partial charge >= 0.3 is 16.4 Å². The van der Waals surface area contributed by atoms with E-state index in [9.17, 15) is 37.4 Å². The van der Waals surface area contributed by atoms with E-state index in [1.807, 2.05) is 0 Å². The number of halogens is 9. The van der Waals surface area contributed by atoms with E-state index in [0.717, 1.165) is 0 Å². The fourth-order valence-corrected chi connectivity index (χ4v) is 3.25. The summed E-state index contributed by atoms with van der Waals surface area (Å²) in [7, 11) is -10.0. The molecule has 0 radical (unpaired) electrons. The minimum absolute atomic E-state index is 0.0578. The Morgan fingerprint density at radius 3 is 2.13 bits per heavy atom. The third-order valence-corrected chi connectivity index (χ3v) is 4.50. The summed E-state index contributed by atoms with van der Waals surface area (Å²) in [4.78, 5) is 8.38. The Balaban J connectivity index is 2.69. The topological polar surface area (TPSA) is 26.3 Å². The van der Waals surface area contributed by atoms with E-state index >= 15 is 0 Å². The van der Waals surface area contributed by atoms with Gasteiger partial charge in [-0.3, -0.25) is 4.79 Å². The first-order chi connectivity index (χ1) is 10.0. The molecule has 1 aromatic carbocycles. The van der Waals surface area contributed by atoms with E-state index in [4.69, 9.17) is 0 Å². The van der Waals surface area contributed by atoms with Gasteiger partial charge in [0.25, 0.3) is 0 Å². The number of rotatable bonds is 2. The summed E-state index contributed by atoms with van der Waals surface area (Å²) >= 11 is 2.49. The quantitative estimate of drug-likeness (QED) is 0.422. The molecule has 130 valence electrons. The molecule has 1 aromatic rings. The molecule has 12 heteroatoms. The molecule has 0 unspecified atom stereocenters. The smallest absolute Gasteiger partial charge is 0.429 e. The summed E-state index contributed by atoms with van der Waals surface area (Å²) in [5.74, 6) is -0.719. The second kappa shape index (κ2) is 4.41. The Labute approximate surface area is 132 Å². The van der Waals surface area contributed by atoms with Crippen molar-refractivity contribution in [2.75, 3.05) is 0 Å². The van der Waals surface area contributed by atoms with Crippen molar-refractivity contribution in [2.45, 2.75) is 17.2 Å². The molecule has 23 heavy (non-hydrogen) atoms. The molecule has 1 heterocycles. The zero-order valence-corrected chi connectivity index (χ0v) is 12.9. The van der Waals surface area contributed by atoms with Crippen LogP contribution in [0.25, 0.3) is 6.08 Å². The molecule has 0 fully saturated rings. The maximum atomic E-state index is 12.8. The van der Waals surface area contributed by atoms with E-state index in [1.54, 1.807) is 0 Å². The molecule has 0 saturated heterocycles. The van der Waals surface area contributed by atoms with E-state index < -0.39 is 48.8 Å². The summed E-state index contributed by atoms with van der Waals surface area (Å²) in [6.45, 7) is 0. The molecule has 2 nitrogen and oxygen atoms in total. The summed E-state index contributed by atoms with van der Waals surface area (Å²) in [6.07, 6.45) is -7.54. The fraction of sp³-hybridized carbons (Fsp3) is 0.182. The average Bonchev–Trinajstić information content (AvgIpc) is 2.33. The van der Waals surface area contributed by atoms with Crippen LogP contribution in [-0.4, -0.2) is 18.6 Å². The predicted molar refractivity (Wildman–Crippen MR) is 70.1 cm³/mol. The molecule has 1 aliphatic heterocycles. The number of carbonyl (C=O) groups excluding carboxylic acids is 1. The van der Waals surface area contributed by atoms with Crippen molar-refractivity contribution in [3.63, 3.8) is 0 Å². The molecule has 0 bridgehead atoms. The van der Waals surface area contributed by atoms with E-state index in [2.05, 4.69) is 20.7 Å². The van der Waals surface area contributed by atoms with E-state index in [1.165, 1.54) is 0 Å². The summed E-state index contributed by atoms with van der Waals surface area (Å²) in [6, 6.07) is -0.120. The predicted octanol–water partition coefficient (Wildman–Crippen LogP) is 6.01. The zero-order chi connectivity index (χ0) is 17.9. The number of carbonyl (C=O) groups is 1. The first kappa shape index (κ1) is 18.0. The van der Waals surface area contributed by atoms with Crippen LogP contribution in [0, 0.1) is 0 Å². The Bertz CT molecular complexity index is 722. The molecular formula is C11H5BrF8O2S. The summed E-state index contributed by atoms with van der Waals surface area (Å²) < 4.78 is 106. The molecule has 1 aliphatic rings. The molecule has 2 rings (SSSR count). The van der Waals surface area contributed by atoms with Crippen molar-refractivity contribution in [1.29, 1.82) is 0 Å². The number of alkyl halides is 3. The number of hydrogen-bond donors (Lipinski definition) is 0. The maximum absolute atomic E-state index is 12.8. The van der Waals surface area contributed by atoms with Crippen molar-refractivity contribution >= 4 is 38.5 Å². The fourth-order valence-electron chi connectivity index (χ4n) is 1.84. The largest absolute Gasteiger partial charge is 0.474 e. The van der Waals surface area contributed by atoms with Crippen LogP contribution < -0.4 is 4.74 Å². The second-order valence-corrected chi connectivity index (χ2v) is 7.86. The van der Waals surface area contributed by atoms with Crippen molar-refractivity contribution in [1.82, 2.24) is 0 Å². The average molecular weight is 433 g/mol. The number of fused-ring (bicyclic) bond motifs is 1. The van der Waals surface area contributed by atoms with Gasteiger partial charge in [-0.1, -0.05) is 19.4 Å². The Hall–Kier alpha value is -1.30. The van der Waals surface area contributed by atoms with Crippen molar-refractivity contribution in [3.05, 3.63) is 27.7 Å². The Morgan fingerprint density at radius 1 is 1.13 bits per heavy atom. The molecule has 0 N–H and O–H groups in total. The van der Waals surface area contributed by atoms with Gasteiger partial charge in [0.15, 0.2) is 0 Å². The molecule has 0 aliphatic carbocycles. The summed E-state index contributed by atoms with van der Waals surface area (Å²) in [5.41, 5.74) is -1.75. The lowest BCUT2D eigenvalue weighted by Crippen LogP contribution is -2.38. The van der Waals surface area contributed by atoms with E-state index in [-0.39, 0.29) is 18.4 Å². The van der Waals surface area contributed by atoms with Crippen LogP contribution in [0.2, 0.25) is 0 Å². The molecule has 0 aromatic heterocycles. The van der Waals surface area contributed by atoms with Gasteiger partial charge in [-0.05, 0) is 34.1 Å². The summed E-state index contributed by atoms with van der Waals surface area (Å²) in [5, 5.41) is 0. The first-order valence-corrected chi connectivity index (χ1v) is 8.25. The highest BCUT2D eigenvalue weighted by Gasteiger charge is 2.65. The normalized spacial score (nSPS) is 21.4. The van der Waals surface area contributed by atoms with Crippen LogP contribution in [0.4, 0.5) is 32.6 Å². The minimum atomic E-state index is -10.0. The van der Waals surface area contributed by atoms with Crippen molar-refractivity contribution in [2.24, 2.45) is 0 Å². The third-order valence-electron chi connectivity index (χ3n) is 2.79. The monoisotopic (exact) mass is 432 g/mol. The minimum Gasteiger partial charge on any atom is -0.474 e. The molecule has 0 spiro atoms. The van der Waals surface area contributed by atoms with Gasteiger partial charge in [0, 0.05) is 11.1 Å². The van der Waals surface area contributed by atoms with Gasteiger partial charge < -0.3 is 4.74 Å². The van der Waals surface area contributed by atoms with Crippen molar-refractivity contribution in [3.8, 4) is 5.75 Å². The molecular weight excluding hydrogens is 428 g/mol. The van der Waals surface area contributed by atoms with Crippen molar-refractivity contribution < 1.29 is 42.1 Å². The van der Waals surface area contributed by atoms with E-state index in [0.29, 0.717) is 6.08 Å². The second-order valence-electron chi connectivity index (χ2n) is 4.59. The van der Waals surface area contributed by atoms with Crippen LogP contribution in [-0.2, 0) is 4.79 Å². The lowest BCUT2D eigenvalue weighted by atomic mass is 10.0. The Morgan fingerprint density at radius 2 is 1.70 bits per heavy atom. The maximum Gasteiger partial charge on any atom is 0.429 e. The van der Waals surface area contributed by atoms with Crippen LogP contribution >= 0.6 is 26.2 Å². The number of aldehydes is 1. The molecule has 0 amide bonds. The van der Waals surface area contributed by atoms with Crippen LogP contribution in [0.3, 0.4) is 0 Å². The van der Waals surface area contributed by atoms with Crippen LogP contribution in [0.5, 0.6) is 5.75 Å². The van der Waals surface area contributed by atoms with Gasteiger partial charge in [0.05, 0.1) is 4.47 Å². The number of hydrogen-bond acceptors (Lipinski definition) is 2.